The van der Waals surface area contributed by atoms with E-state index >= 15 is 0 Å². The Morgan fingerprint density at radius 1 is 0.654 bits per heavy atom. The van der Waals surface area contributed by atoms with Gasteiger partial charge in [-0.1, -0.05) is 0 Å². The minimum Gasteiger partial charge on any atom is -1.00 e. The smallest absolute Gasteiger partial charge is 1.00 e. The molecule has 0 radical (unpaired) electrons. The molecular weight excluding hydrogens is 751 g/mol. The SMILES string of the molecule is CCC1C=C(C(C)(C)C)C=[C]1[Zr+2](=[C](c1ccc(C)cc1)c1ccc(C)cc1)[c]1c(C)c(C(C)(C)C)cc2c1Cc1cc(C)c(C(C)(C)C)cc1-2.[Cl-].[Cl-]. The Bertz CT molecular complexity index is 2020. The molecule has 0 nitrogen and oxygen atoms in total. The van der Waals surface area contributed by atoms with E-state index in [-0.39, 0.29) is 41.1 Å². The maximum Gasteiger partial charge on any atom is -1.00 e. The first-order chi connectivity index (χ1) is 23.3. The second-order valence-corrected chi connectivity index (χ2v) is 24.1. The Morgan fingerprint density at radius 3 is 1.62 bits per heavy atom. The zero-order valence-electron chi connectivity index (χ0n) is 34.3. The third-order valence-corrected chi connectivity index (χ3v) is 19.5. The van der Waals surface area contributed by atoms with Gasteiger partial charge in [-0.25, -0.2) is 0 Å². The van der Waals surface area contributed by atoms with Crippen LogP contribution in [-0.4, -0.2) is 3.21 Å². The van der Waals surface area contributed by atoms with E-state index in [4.69, 9.17) is 0 Å². The standard InChI is InChI=1S/C23H29.C15H14.C11H17.2ClH.Zr/c1-14-9-16-11-17-10-15(2)21(23(6,7)8)13-19(17)18(16)12-20(14)22(3,4)5;1-12-3-7-14(8-4-12)11-15-9-5-13(2)6-10-15;1-5-9-6-7-10(8-9)11(2,3)4;;;/h9,12-13H,11H2,1-8H3;3-10H,1-2H3;7-9H,5H2,1-4H3;2*1H;/q;;;;;+2/p-2. The van der Waals surface area contributed by atoms with Gasteiger partial charge in [-0.3, -0.25) is 0 Å². The van der Waals surface area contributed by atoms with Gasteiger partial charge in [0.25, 0.3) is 0 Å². The van der Waals surface area contributed by atoms with Crippen LogP contribution in [0.5, 0.6) is 0 Å². The van der Waals surface area contributed by atoms with Gasteiger partial charge in [0.05, 0.1) is 0 Å². The van der Waals surface area contributed by atoms with Crippen LogP contribution in [0.1, 0.15) is 131 Å². The van der Waals surface area contributed by atoms with Crippen LogP contribution in [-0.2, 0) is 38.5 Å². The zero-order valence-corrected chi connectivity index (χ0v) is 38.2. The number of rotatable bonds is 5. The summed E-state index contributed by atoms with van der Waals surface area (Å²) < 4.78 is 5.10. The Kier molecular flexibility index (Phi) is 12.6. The summed E-state index contributed by atoms with van der Waals surface area (Å²) in [6.45, 7) is 33.2. The van der Waals surface area contributed by atoms with Crippen LogP contribution in [0.2, 0.25) is 0 Å². The number of hydrogen-bond donors (Lipinski definition) is 0. The normalized spacial score (nSPS) is 15.1. The molecule has 4 aromatic rings. The molecular formula is C49H60Cl2Zr. The van der Waals surface area contributed by atoms with Crippen molar-refractivity contribution in [3.8, 4) is 11.1 Å². The molecule has 6 rings (SSSR count). The van der Waals surface area contributed by atoms with Crippen molar-refractivity contribution in [3.05, 3.63) is 143 Å². The Hall–Kier alpha value is -2.31. The quantitative estimate of drug-likeness (QED) is 0.190. The predicted octanol–water partition coefficient (Wildman–Crippen LogP) is 6.50. The topological polar surface area (TPSA) is 0 Å². The molecule has 2 aliphatic rings. The minimum absolute atomic E-state index is 0. The summed E-state index contributed by atoms with van der Waals surface area (Å²) >= 11 is -2.99. The molecule has 1 unspecified atom stereocenters. The van der Waals surface area contributed by atoms with E-state index in [1.807, 2.05) is 0 Å². The Balaban J connectivity index is 0.00000302. The van der Waals surface area contributed by atoms with Gasteiger partial charge in [0.1, 0.15) is 0 Å². The summed E-state index contributed by atoms with van der Waals surface area (Å²) in [5, 5.41) is 0. The molecule has 274 valence electrons. The molecule has 0 bridgehead atoms. The molecule has 0 spiro atoms. The Morgan fingerprint density at radius 2 is 1.15 bits per heavy atom. The van der Waals surface area contributed by atoms with Crippen molar-refractivity contribution in [2.45, 2.75) is 121 Å². The first-order valence-electron chi connectivity index (χ1n) is 18.9. The third kappa shape index (κ3) is 8.04. The number of allylic oxidation sites excluding steroid dienone is 4. The number of halogens is 2. The van der Waals surface area contributed by atoms with Crippen LogP contribution in [0.3, 0.4) is 0 Å². The molecule has 0 N–H and O–H groups in total. The maximum atomic E-state index is 2.70. The zero-order chi connectivity index (χ0) is 36.5. The van der Waals surface area contributed by atoms with Gasteiger partial charge in [0.2, 0.25) is 0 Å². The van der Waals surface area contributed by atoms with E-state index in [1.165, 1.54) is 61.2 Å². The summed E-state index contributed by atoms with van der Waals surface area (Å²) in [7, 11) is 0. The molecule has 0 aliphatic heterocycles. The Labute approximate surface area is 336 Å². The van der Waals surface area contributed by atoms with Crippen molar-refractivity contribution >= 4 is 6.48 Å². The van der Waals surface area contributed by atoms with Gasteiger partial charge in [-0.05, 0) is 0 Å². The molecule has 0 aromatic heterocycles. The molecule has 52 heavy (non-hydrogen) atoms. The summed E-state index contributed by atoms with van der Waals surface area (Å²) in [6.07, 6.45) is 7.51. The first kappa shape index (κ1) is 42.4. The molecule has 3 heteroatoms. The van der Waals surface area contributed by atoms with Crippen LogP contribution in [0, 0.1) is 39.0 Å². The van der Waals surface area contributed by atoms with Crippen LogP contribution in [0.15, 0.2) is 87.7 Å². The van der Waals surface area contributed by atoms with Gasteiger partial charge >= 0.3 is 314 Å². The molecule has 0 saturated heterocycles. The fraction of sp³-hybridized carbons (Fsp3) is 0.408. The van der Waals surface area contributed by atoms with Gasteiger partial charge in [-0.2, -0.15) is 0 Å². The van der Waals surface area contributed by atoms with E-state index in [1.54, 1.807) is 20.9 Å². The third-order valence-electron chi connectivity index (χ3n) is 11.3. The molecule has 0 fully saturated rings. The van der Waals surface area contributed by atoms with Crippen molar-refractivity contribution in [2.24, 2.45) is 11.3 Å². The number of hydrogen-bond acceptors (Lipinski definition) is 0. The maximum absolute atomic E-state index is 2.99. The average molecular weight is 811 g/mol. The van der Waals surface area contributed by atoms with Crippen molar-refractivity contribution in [1.82, 2.24) is 0 Å². The summed E-state index contributed by atoms with van der Waals surface area (Å²) in [5.41, 5.74) is 19.2. The fourth-order valence-corrected chi connectivity index (χ4v) is 17.7. The summed E-state index contributed by atoms with van der Waals surface area (Å²) in [6, 6.07) is 26.7. The van der Waals surface area contributed by atoms with E-state index in [0.29, 0.717) is 5.92 Å². The molecule has 0 saturated carbocycles. The molecule has 2 aliphatic carbocycles. The van der Waals surface area contributed by atoms with Gasteiger partial charge in [0, 0.05) is 0 Å². The predicted molar refractivity (Wildman–Crippen MR) is 216 cm³/mol. The van der Waals surface area contributed by atoms with E-state index in [9.17, 15) is 0 Å². The number of aryl methyl sites for hydroxylation is 3. The van der Waals surface area contributed by atoms with Crippen LogP contribution >= 0.6 is 0 Å². The number of benzene rings is 4. The second-order valence-electron chi connectivity index (χ2n) is 18.4. The van der Waals surface area contributed by atoms with Crippen molar-refractivity contribution in [1.29, 1.82) is 0 Å². The molecule has 0 heterocycles. The fourth-order valence-electron chi connectivity index (χ4n) is 8.54. The van der Waals surface area contributed by atoms with Crippen LogP contribution in [0.25, 0.3) is 11.1 Å². The van der Waals surface area contributed by atoms with Crippen molar-refractivity contribution in [2.75, 3.05) is 0 Å². The van der Waals surface area contributed by atoms with E-state index in [0.717, 1.165) is 12.8 Å². The first-order valence-corrected chi connectivity index (χ1v) is 22.6. The summed E-state index contributed by atoms with van der Waals surface area (Å²) in [5.74, 6) is 0.469. The average Bonchev–Trinajstić information content (AvgIpc) is 3.61. The minimum atomic E-state index is -2.99. The van der Waals surface area contributed by atoms with Crippen molar-refractivity contribution in [3.63, 3.8) is 0 Å². The van der Waals surface area contributed by atoms with Crippen LogP contribution in [0.4, 0.5) is 0 Å². The van der Waals surface area contributed by atoms with E-state index < -0.39 is 21.3 Å². The number of fused-ring (bicyclic) bond motifs is 3. The molecule has 4 aromatic carbocycles. The van der Waals surface area contributed by atoms with Gasteiger partial charge in [-0.15, -0.1) is 0 Å². The van der Waals surface area contributed by atoms with Crippen molar-refractivity contribution < 1.29 is 46.1 Å². The van der Waals surface area contributed by atoms with Gasteiger partial charge < -0.3 is 24.8 Å². The summed E-state index contributed by atoms with van der Waals surface area (Å²) in [4.78, 5) is 0. The monoisotopic (exact) mass is 808 g/mol. The van der Waals surface area contributed by atoms with Gasteiger partial charge in [0.15, 0.2) is 0 Å². The molecule has 1 atom stereocenters. The second kappa shape index (κ2) is 15.4. The van der Waals surface area contributed by atoms with Crippen LogP contribution < -0.4 is 28.1 Å². The van der Waals surface area contributed by atoms with E-state index in [2.05, 4.69) is 176 Å². The largest absolute Gasteiger partial charge is 1.00 e. The molecule has 0 amide bonds.